The number of nitrogens with zero attached hydrogens (tertiary/aromatic N) is 4. The van der Waals surface area contributed by atoms with Gasteiger partial charge in [-0.05, 0) is 23.1 Å². The topological polar surface area (TPSA) is 83.3 Å². The lowest BCUT2D eigenvalue weighted by Gasteiger charge is -2.36. The lowest BCUT2D eigenvalue weighted by atomic mass is 10.0. The number of aromatic nitrogens is 2. The van der Waals surface area contributed by atoms with Crippen molar-refractivity contribution in [1.82, 2.24) is 15.3 Å². The summed E-state index contributed by atoms with van der Waals surface area (Å²) in [5.41, 5.74) is 0.932. The summed E-state index contributed by atoms with van der Waals surface area (Å²) in [5, 5.41) is 15.1. The quantitative estimate of drug-likeness (QED) is 0.593. The van der Waals surface area contributed by atoms with Crippen LogP contribution in [-0.2, 0) is 0 Å². The summed E-state index contributed by atoms with van der Waals surface area (Å²) in [6, 6.07) is 14.0. The molecule has 1 saturated heterocycles. The highest BCUT2D eigenvalue weighted by Crippen LogP contribution is 2.43. The second kappa shape index (κ2) is 8.39. The molecule has 0 saturated carbocycles. The summed E-state index contributed by atoms with van der Waals surface area (Å²) in [5.74, 6) is 1.38. The SMILES string of the molecule is N#CC[C@H]1CN(c2nc(Cl)nc3c2OCC(c2cccc4cccc(Cl)c24)O3)CCN1. The molecular formula is C22H19Cl2N5O2. The van der Waals surface area contributed by atoms with Gasteiger partial charge < -0.3 is 19.7 Å². The first kappa shape index (κ1) is 20.1. The van der Waals surface area contributed by atoms with Crippen molar-refractivity contribution in [3.8, 4) is 17.7 Å². The van der Waals surface area contributed by atoms with Crippen LogP contribution >= 0.6 is 23.2 Å². The molecule has 7 nitrogen and oxygen atoms in total. The van der Waals surface area contributed by atoms with E-state index in [1.807, 2.05) is 36.4 Å². The van der Waals surface area contributed by atoms with Crippen LogP contribution in [0.1, 0.15) is 18.1 Å². The average molecular weight is 456 g/mol. The molecule has 2 atom stereocenters. The summed E-state index contributed by atoms with van der Waals surface area (Å²) in [7, 11) is 0. The van der Waals surface area contributed by atoms with Gasteiger partial charge in [-0.25, -0.2) is 0 Å². The van der Waals surface area contributed by atoms with Gasteiger partial charge in [0.15, 0.2) is 11.9 Å². The number of nitrogens with one attached hydrogen (secondary N) is 1. The van der Waals surface area contributed by atoms with E-state index in [4.69, 9.17) is 37.9 Å². The molecule has 1 N–H and O–H groups in total. The number of hydrogen-bond donors (Lipinski definition) is 1. The Morgan fingerprint density at radius 1 is 1.19 bits per heavy atom. The third-order valence-electron chi connectivity index (χ3n) is 5.55. The van der Waals surface area contributed by atoms with Crippen LogP contribution in [0, 0.1) is 11.3 Å². The Labute approximate surface area is 189 Å². The van der Waals surface area contributed by atoms with Crippen molar-refractivity contribution in [3.63, 3.8) is 0 Å². The van der Waals surface area contributed by atoms with Crippen LogP contribution in [0.3, 0.4) is 0 Å². The Balaban J connectivity index is 1.49. The smallest absolute Gasteiger partial charge is 0.264 e. The van der Waals surface area contributed by atoms with Crippen molar-refractivity contribution in [1.29, 1.82) is 5.26 Å². The van der Waals surface area contributed by atoms with Crippen LogP contribution in [-0.4, -0.2) is 42.3 Å². The molecule has 2 aromatic carbocycles. The molecule has 1 fully saturated rings. The summed E-state index contributed by atoms with van der Waals surface area (Å²) in [4.78, 5) is 10.8. The molecule has 31 heavy (non-hydrogen) atoms. The number of fused-ring (bicyclic) bond motifs is 2. The van der Waals surface area contributed by atoms with E-state index in [2.05, 4.69) is 26.3 Å². The molecule has 0 amide bonds. The van der Waals surface area contributed by atoms with Gasteiger partial charge in [-0.15, -0.1) is 0 Å². The third-order valence-corrected chi connectivity index (χ3v) is 6.03. The lowest BCUT2D eigenvalue weighted by molar-refractivity contribution is 0.0857. The Morgan fingerprint density at radius 3 is 2.87 bits per heavy atom. The normalized spacial score (nSPS) is 20.5. The predicted octanol–water partition coefficient (Wildman–Crippen LogP) is 4.14. The van der Waals surface area contributed by atoms with Crippen LogP contribution in [0.25, 0.3) is 10.8 Å². The van der Waals surface area contributed by atoms with Gasteiger partial charge in [0.25, 0.3) is 5.88 Å². The zero-order valence-electron chi connectivity index (χ0n) is 16.5. The maximum absolute atomic E-state index is 9.03. The Morgan fingerprint density at radius 2 is 2.03 bits per heavy atom. The number of hydrogen-bond acceptors (Lipinski definition) is 7. The molecule has 0 bridgehead atoms. The molecule has 0 spiro atoms. The molecule has 1 unspecified atom stereocenters. The first-order chi connectivity index (χ1) is 15.1. The molecule has 158 valence electrons. The minimum atomic E-state index is -0.385. The fourth-order valence-corrected chi connectivity index (χ4v) is 4.60. The fraction of sp³-hybridized carbons (Fsp3) is 0.318. The Bertz CT molecular complexity index is 1180. The number of nitriles is 1. The molecule has 1 aromatic heterocycles. The third kappa shape index (κ3) is 3.83. The van der Waals surface area contributed by atoms with Gasteiger partial charge in [0.05, 0.1) is 12.5 Å². The van der Waals surface area contributed by atoms with Gasteiger partial charge >= 0.3 is 0 Å². The standard InChI is InChI=1S/C22H19Cl2N5O2/c23-16-6-2-4-13-3-1-5-15(18(13)16)17-12-30-19-20(27-22(24)28-21(19)31-17)29-10-9-26-14(11-29)7-8-25/h1-6,14,17,26H,7,9-12H2/t14-,17?/m0/s1. The largest absolute Gasteiger partial charge is 0.481 e. The Kier molecular flexibility index (Phi) is 5.45. The second-order valence-electron chi connectivity index (χ2n) is 7.51. The number of rotatable bonds is 3. The molecule has 3 heterocycles. The van der Waals surface area contributed by atoms with Crippen LogP contribution in [0.2, 0.25) is 10.3 Å². The van der Waals surface area contributed by atoms with E-state index in [-0.39, 0.29) is 17.4 Å². The minimum Gasteiger partial charge on any atom is -0.481 e. The van der Waals surface area contributed by atoms with Crippen LogP contribution < -0.4 is 19.7 Å². The van der Waals surface area contributed by atoms with Crippen molar-refractivity contribution in [2.24, 2.45) is 0 Å². The summed E-state index contributed by atoms with van der Waals surface area (Å²) >= 11 is 12.7. The van der Waals surface area contributed by atoms with Crippen LogP contribution in [0.5, 0.6) is 11.6 Å². The van der Waals surface area contributed by atoms with E-state index < -0.39 is 0 Å². The van der Waals surface area contributed by atoms with Gasteiger partial charge in [-0.2, -0.15) is 15.2 Å². The number of benzene rings is 2. The van der Waals surface area contributed by atoms with Crippen molar-refractivity contribution < 1.29 is 9.47 Å². The van der Waals surface area contributed by atoms with E-state index in [1.54, 1.807) is 0 Å². The van der Waals surface area contributed by atoms with Crippen molar-refractivity contribution in [2.75, 3.05) is 31.1 Å². The second-order valence-corrected chi connectivity index (χ2v) is 8.26. The highest BCUT2D eigenvalue weighted by molar-refractivity contribution is 6.35. The monoisotopic (exact) mass is 455 g/mol. The van der Waals surface area contributed by atoms with Crippen molar-refractivity contribution in [2.45, 2.75) is 18.6 Å². The molecule has 5 rings (SSSR count). The lowest BCUT2D eigenvalue weighted by Crippen LogP contribution is -2.51. The van der Waals surface area contributed by atoms with E-state index in [0.717, 1.165) is 22.9 Å². The molecule has 2 aliphatic heterocycles. The summed E-state index contributed by atoms with van der Waals surface area (Å²) in [6.07, 6.45) is 0.0305. The number of anilines is 1. The van der Waals surface area contributed by atoms with Gasteiger partial charge in [0, 0.05) is 41.6 Å². The Hall–Kier alpha value is -2.79. The van der Waals surface area contributed by atoms with E-state index >= 15 is 0 Å². The first-order valence-electron chi connectivity index (χ1n) is 10.0. The minimum absolute atomic E-state index is 0.0539. The van der Waals surface area contributed by atoms with E-state index in [1.165, 1.54) is 0 Å². The van der Waals surface area contributed by atoms with E-state index in [9.17, 15) is 0 Å². The molecule has 0 radical (unpaired) electrons. The zero-order valence-corrected chi connectivity index (χ0v) is 18.0. The molecule has 9 heteroatoms. The number of piperazine rings is 1. The average Bonchev–Trinajstić information content (AvgIpc) is 2.78. The predicted molar refractivity (Wildman–Crippen MR) is 119 cm³/mol. The van der Waals surface area contributed by atoms with Gasteiger partial charge in [-0.1, -0.05) is 41.9 Å². The van der Waals surface area contributed by atoms with Gasteiger partial charge in [0.2, 0.25) is 11.0 Å². The zero-order chi connectivity index (χ0) is 21.4. The van der Waals surface area contributed by atoms with E-state index in [0.29, 0.717) is 48.6 Å². The fourth-order valence-electron chi connectivity index (χ4n) is 4.15. The van der Waals surface area contributed by atoms with Gasteiger partial charge in [-0.3, -0.25) is 0 Å². The molecule has 3 aromatic rings. The van der Waals surface area contributed by atoms with Crippen LogP contribution in [0.4, 0.5) is 5.82 Å². The van der Waals surface area contributed by atoms with Crippen molar-refractivity contribution >= 4 is 39.8 Å². The molecule has 2 aliphatic rings. The summed E-state index contributed by atoms with van der Waals surface area (Å²) in [6.45, 7) is 2.37. The summed E-state index contributed by atoms with van der Waals surface area (Å²) < 4.78 is 12.4. The highest BCUT2D eigenvalue weighted by atomic mass is 35.5. The highest BCUT2D eigenvalue weighted by Gasteiger charge is 2.32. The maximum Gasteiger partial charge on any atom is 0.264 e. The first-order valence-corrected chi connectivity index (χ1v) is 10.8. The number of ether oxygens (including phenoxy) is 2. The molecule has 0 aliphatic carbocycles. The van der Waals surface area contributed by atoms with Crippen molar-refractivity contribution in [3.05, 3.63) is 52.3 Å². The van der Waals surface area contributed by atoms with Crippen LogP contribution in [0.15, 0.2) is 36.4 Å². The molecular weight excluding hydrogens is 437 g/mol. The van der Waals surface area contributed by atoms with Gasteiger partial charge in [0.1, 0.15) is 6.61 Å². The maximum atomic E-state index is 9.03. The number of halogens is 2.